The lowest BCUT2D eigenvalue weighted by molar-refractivity contribution is -0.146. The first kappa shape index (κ1) is 21.6. The van der Waals surface area contributed by atoms with E-state index in [2.05, 4.69) is 25.3 Å². The van der Waals surface area contributed by atoms with Gasteiger partial charge >= 0.3 is 5.97 Å². The van der Waals surface area contributed by atoms with Gasteiger partial charge < -0.3 is 9.84 Å². The second kappa shape index (κ2) is 8.12. The summed E-state index contributed by atoms with van der Waals surface area (Å²) < 4.78 is 5.93. The number of likely N-dealkylation sites (N-methyl/N-ethyl adjacent to an activating group) is 1. The van der Waals surface area contributed by atoms with E-state index in [1.807, 2.05) is 37.3 Å². The number of ether oxygens (including phenoxy) is 1. The van der Waals surface area contributed by atoms with Gasteiger partial charge in [-0.25, -0.2) is 0 Å². The van der Waals surface area contributed by atoms with Gasteiger partial charge in [0.2, 0.25) is 0 Å². The molecule has 1 saturated heterocycles. The van der Waals surface area contributed by atoms with E-state index in [-0.39, 0.29) is 29.3 Å². The minimum atomic E-state index is -0.956. The zero-order valence-corrected chi connectivity index (χ0v) is 18.8. The van der Waals surface area contributed by atoms with Gasteiger partial charge in [0.25, 0.3) is 0 Å². The second-order valence-electron chi connectivity index (χ2n) is 10.4. The van der Waals surface area contributed by atoms with Crippen LogP contribution in [0.5, 0.6) is 0 Å². The molecule has 4 rings (SSSR count). The number of hydrogen-bond donors (Lipinski definition) is 1. The minimum absolute atomic E-state index is 0.0444. The maximum atomic E-state index is 12.9. The van der Waals surface area contributed by atoms with Gasteiger partial charge in [0.1, 0.15) is 6.10 Å². The van der Waals surface area contributed by atoms with Crippen molar-refractivity contribution in [3.05, 3.63) is 48.0 Å². The SMILES string of the molecule is C=C1CCC[C@]2(C)C[C@H]3OC(=O)[C@@H](CN(CC)C[C@@](C)(O)c4ccccc4)[C@H]3C[C@@H]12. The maximum Gasteiger partial charge on any atom is 0.310 e. The smallest absolute Gasteiger partial charge is 0.310 e. The molecule has 0 amide bonds. The summed E-state index contributed by atoms with van der Waals surface area (Å²) in [5, 5.41) is 11.1. The van der Waals surface area contributed by atoms with Gasteiger partial charge in [-0.1, -0.05) is 56.3 Å². The Morgan fingerprint density at radius 1 is 1.33 bits per heavy atom. The van der Waals surface area contributed by atoms with E-state index in [0.29, 0.717) is 19.0 Å². The van der Waals surface area contributed by atoms with Crippen molar-refractivity contribution in [2.45, 2.75) is 64.6 Å². The van der Waals surface area contributed by atoms with Crippen LogP contribution in [0.1, 0.15) is 58.4 Å². The highest BCUT2D eigenvalue weighted by Crippen LogP contribution is 2.56. The van der Waals surface area contributed by atoms with Gasteiger partial charge in [-0.15, -0.1) is 0 Å². The van der Waals surface area contributed by atoms with Crippen molar-refractivity contribution in [2.24, 2.45) is 23.2 Å². The van der Waals surface area contributed by atoms with Gasteiger partial charge in [0.05, 0.1) is 11.5 Å². The van der Waals surface area contributed by atoms with Crippen molar-refractivity contribution in [1.82, 2.24) is 4.90 Å². The lowest BCUT2D eigenvalue weighted by Gasteiger charge is -2.50. The molecule has 0 spiro atoms. The largest absolute Gasteiger partial charge is 0.462 e. The average Bonchev–Trinajstić information content (AvgIpc) is 3.00. The van der Waals surface area contributed by atoms with Crippen LogP contribution in [-0.4, -0.2) is 41.7 Å². The highest BCUT2D eigenvalue weighted by atomic mass is 16.6. The number of carbonyl (C=O) groups is 1. The van der Waals surface area contributed by atoms with Gasteiger partial charge in [-0.2, -0.15) is 0 Å². The molecule has 4 nitrogen and oxygen atoms in total. The molecule has 3 fully saturated rings. The maximum absolute atomic E-state index is 12.9. The Balaban J connectivity index is 1.48. The van der Waals surface area contributed by atoms with Crippen LogP contribution in [-0.2, 0) is 15.1 Å². The number of esters is 1. The first-order chi connectivity index (χ1) is 14.2. The molecule has 0 aromatic heterocycles. The van der Waals surface area contributed by atoms with Crippen molar-refractivity contribution in [2.75, 3.05) is 19.6 Å². The van der Waals surface area contributed by atoms with E-state index >= 15 is 0 Å². The molecule has 30 heavy (non-hydrogen) atoms. The molecule has 4 heteroatoms. The van der Waals surface area contributed by atoms with E-state index in [0.717, 1.165) is 31.4 Å². The molecule has 1 heterocycles. The van der Waals surface area contributed by atoms with Gasteiger partial charge in [0, 0.05) is 19.0 Å². The van der Waals surface area contributed by atoms with Crippen LogP contribution in [0.2, 0.25) is 0 Å². The van der Waals surface area contributed by atoms with Crippen LogP contribution in [0.25, 0.3) is 0 Å². The molecule has 1 aromatic carbocycles. The Bertz CT molecular complexity index is 789. The molecular weight excluding hydrogens is 374 g/mol. The molecule has 1 N–H and O–H groups in total. The van der Waals surface area contributed by atoms with E-state index in [1.165, 1.54) is 18.4 Å². The summed E-state index contributed by atoms with van der Waals surface area (Å²) in [6.45, 7) is 12.7. The second-order valence-corrected chi connectivity index (χ2v) is 10.4. The predicted molar refractivity (Wildman–Crippen MR) is 119 cm³/mol. The third-order valence-corrected chi connectivity index (χ3v) is 8.15. The zero-order chi connectivity index (χ0) is 21.5. The van der Waals surface area contributed by atoms with Crippen LogP contribution in [0.4, 0.5) is 0 Å². The number of allylic oxidation sites excluding steroid dienone is 1. The van der Waals surface area contributed by atoms with E-state index < -0.39 is 5.60 Å². The van der Waals surface area contributed by atoms with Crippen molar-refractivity contribution in [1.29, 1.82) is 0 Å². The number of benzene rings is 1. The molecule has 3 aliphatic rings. The number of aliphatic hydroxyl groups is 1. The molecule has 0 radical (unpaired) electrons. The molecular formula is C26H37NO3. The lowest BCUT2D eigenvalue weighted by atomic mass is 9.55. The monoisotopic (exact) mass is 411 g/mol. The van der Waals surface area contributed by atoms with Crippen LogP contribution >= 0.6 is 0 Å². The van der Waals surface area contributed by atoms with Crippen molar-refractivity contribution in [3.63, 3.8) is 0 Å². The number of fused-ring (bicyclic) bond motifs is 2. The Labute approximate surface area is 181 Å². The molecule has 2 saturated carbocycles. The minimum Gasteiger partial charge on any atom is -0.462 e. The van der Waals surface area contributed by atoms with Crippen molar-refractivity contribution in [3.8, 4) is 0 Å². The third kappa shape index (κ3) is 3.97. The number of hydrogen-bond acceptors (Lipinski definition) is 4. The molecule has 2 aliphatic carbocycles. The summed E-state index contributed by atoms with van der Waals surface area (Å²) in [6, 6.07) is 9.79. The Hall–Kier alpha value is -1.65. The number of rotatable bonds is 6. The fourth-order valence-electron chi connectivity index (χ4n) is 6.37. The number of nitrogens with zero attached hydrogens (tertiary/aromatic N) is 1. The molecule has 0 unspecified atom stereocenters. The first-order valence-corrected chi connectivity index (χ1v) is 11.6. The van der Waals surface area contributed by atoms with Gasteiger partial charge in [-0.05, 0) is 62.5 Å². The lowest BCUT2D eigenvalue weighted by Crippen LogP contribution is -2.47. The molecule has 0 bridgehead atoms. The van der Waals surface area contributed by atoms with Crippen LogP contribution in [0.15, 0.2) is 42.5 Å². The topological polar surface area (TPSA) is 49.8 Å². The highest BCUT2D eigenvalue weighted by molar-refractivity contribution is 5.75. The summed E-state index contributed by atoms with van der Waals surface area (Å²) in [7, 11) is 0. The fraction of sp³-hybridized carbons (Fsp3) is 0.654. The summed E-state index contributed by atoms with van der Waals surface area (Å²) >= 11 is 0. The quantitative estimate of drug-likeness (QED) is 0.552. The van der Waals surface area contributed by atoms with Crippen LogP contribution < -0.4 is 0 Å². The van der Waals surface area contributed by atoms with Crippen molar-refractivity contribution < 1.29 is 14.6 Å². The Morgan fingerprint density at radius 3 is 2.77 bits per heavy atom. The molecule has 6 atom stereocenters. The molecule has 164 valence electrons. The third-order valence-electron chi connectivity index (χ3n) is 8.15. The molecule has 1 aliphatic heterocycles. The van der Waals surface area contributed by atoms with Gasteiger partial charge in [-0.3, -0.25) is 9.69 Å². The fourth-order valence-corrected chi connectivity index (χ4v) is 6.37. The summed E-state index contributed by atoms with van der Waals surface area (Å²) in [5.41, 5.74) is 1.55. The number of carbonyl (C=O) groups excluding carboxylic acids is 1. The van der Waals surface area contributed by atoms with E-state index in [1.54, 1.807) is 0 Å². The Kier molecular flexibility index (Phi) is 5.84. The summed E-state index contributed by atoms with van der Waals surface area (Å²) in [6.07, 6.45) is 5.57. The summed E-state index contributed by atoms with van der Waals surface area (Å²) in [5.74, 6) is 0.615. The van der Waals surface area contributed by atoms with E-state index in [4.69, 9.17) is 4.74 Å². The Morgan fingerprint density at radius 2 is 2.07 bits per heavy atom. The highest BCUT2D eigenvalue weighted by Gasteiger charge is 2.55. The zero-order valence-electron chi connectivity index (χ0n) is 18.8. The summed E-state index contributed by atoms with van der Waals surface area (Å²) in [4.78, 5) is 15.1. The van der Waals surface area contributed by atoms with Crippen molar-refractivity contribution >= 4 is 5.97 Å². The average molecular weight is 412 g/mol. The standard InChI is InChI=1S/C26H37NO3/c1-5-27(17-26(4,29)19-11-7-6-8-12-19)16-21-20-14-22-18(2)10-9-13-25(22,3)15-23(20)30-24(21)28/h6-8,11-12,20-23,29H,2,5,9-10,13-17H2,1,3-4H3/t20-,21+,22+,23-,25-,26-/m1/s1. The van der Waals surface area contributed by atoms with Gasteiger partial charge in [0.15, 0.2) is 0 Å². The van der Waals surface area contributed by atoms with E-state index in [9.17, 15) is 9.90 Å². The first-order valence-electron chi connectivity index (χ1n) is 11.6. The normalized spacial score (nSPS) is 35.5. The predicted octanol–water partition coefficient (Wildman–Crippen LogP) is 4.53. The van der Waals surface area contributed by atoms with Crippen LogP contribution in [0.3, 0.4) is 0 Å². The van der Waals surface area contributed by atoms with Crippen LogP contribution in [0, 0.1) is 23.2 Å². The molecule has 1 aromatic rings.